The van der Waals surface area contributed by atoms with Crippen LogP contribution < -0.4 is 0 Å². The molecule has 0 N–H and O–H groups in total. The van der Waals surface area contributed by atoms with Gasteiger partial charge in [-0.25, -0.2) is 0 Å². The smallest absolute Gasteiger partial charge is 0.0991 e. The largest absolute Gasteiger partial charge is 0.251 e. The predicted octanol–water partition coefficient (Wildman–Crippen LogP) is 6.80. The van der Waals surface area contributed by atoms with E-state index in [0.29, 0.717) is 23.8 Å². The van der Waals surface area contributed by atoms with E-state index in [0.717, 1.165) is 12.0 Å². The summed E-state index contributed by atoms with van der Waals surface area (Å²) in [4.78, 5) is 0. The Balaban J connectivity index is 1.56. The van der Waals surface area contributed by atoms with E-state index >= 15 is 0 Å². The average molecular weight is 347 g/mol. The second kappa shape index (κ2) is 9.34. The molecule has 1 fully saturated rings. The number of nitrogens with zero attached hydrogens (tertiary/aromatic N) is 1. The van der Waals surface area contributed by atoms with Crippen molar-refractivity contribution in [2.24, 2.45) is 5.92 Å². The van der Waals surface area contributed by atoms with Crippen LogP contribution in [0.1, 0.15) is 55.6 Å². The van der Waals surface area contributed by atoms with Crippen LogP contribution >= 0.6 is 0 Å². The number of hydrogen-bond acceptors (Lipinski definition) is 1. The summed E-state index contributed by atoms with van der Waals surface area (Å²) < 4.78 is 12.1. The summed E-state index contributed by atoms with van der Waals surface area (Å²) in [5, 5.41) is 8.90. The fourth-order valence-electron chi connectivity index (χ4n) is 3.81. The maximum absolute atomic E-state index is 12.1. The lowest BCUT2D eigenvalue weighted by molar-refractivity contribution is 0.375. The van der Waals surface area contributed by atoms with Crippen LogP contribution in [-0.2, 0) is 0 Å². The molecular formula is C24H26FN. The van der Waals surface area contributed by atoms with Gasteiger partial charge in [-0.05, 0) is 79.2 Å². The van der Waals surface area contributed by atoms with Crippen LogP contribution in [0.2, 0.25) is 0 Å². The standard InChI is InChI=1S/C24H26FN/c25-17-3-1-2-4-19-5-9-21(10-6-19)23-13-15-24(16-14-23)22-11-7-20(18-26)8-12-22/h2,4,7-8,11-16,19,21H,1,3,5-6,9-10,17H2/t19-,21-. The average Bonchev–Trinajstić information content (AvgIpc) is 2.72. The first-order valence-electron chi connectivity index (χ1n) is 9.63. The summed E-state index contributed by atoms with van der Waals surface area (Å²) in [6.07, 6.45) is 10.9. The number of benzene rings is 2. The number of alkyl halides is 1. The highest BCUT2D eigenvalue weighted by atomic mass is 19.1. The van der Waals surface area contributed by atoms with Crippen molar-refractivity contribution < 1.29 is 4.39 Å². The number of hydrogen-bond donors (Lipinski definition) is 0. The molecule has 2 aromatic carbocycles. The van der Waals surface area contributed by atoms with Gasteiger partial charge in [0.2, 0.25) is 0 Å². The molecule has 1 aliphatic rings. The third-order valence-electron chi connectivity index (χ3n) is 5.41. The zero-order valence-electron chi connectivity index (χ0n) is 15.2. The molecule has 0 amide bonds. The summed E-state index contributed by atoms with van der Waals surface area (Å²) in [5.74, 6) is 1.32. The Bertz CT molecular complexity index is 744. The van der Waals surface area contributed by atoms with Gasteiger partial charge >= 0.3 is 0 Å². The Morgan fingerprint density at radius 3 is 2.12 bits per heavy atom. The lowest BCUT2D eigenvalue weighted by Crippen LogP contribution is -2.11. The van der Waals surface area contributed by atoms with E-state index in [1.807, 2.05) is 24.3 Å². The monoisotopic (exact) mass is 347 g/mol. The SMILES string of the molecule is N#Cc1ccc(-c2ccc([C@H]3CC[C@H](C=CCCCF)CC3)cc2)cc1. The number of rotatable bonds is 6. The third kappa shape index (κ3) is 4.82. The van der Waals surface area contributed by atoms with Crippen LogP contribution in [0.5, 0.6) is 0 Å². The molecule has 1 nitrogen and oxygen atoms in total. The van der Waals surface area contributed by atoms with Crippen molar-refractivity contribution in [2.75, 3.05) is 6.67 Å². The molecule has 26 heavy (non-hydrogen) atoms. The zero-order chi connectivity index (χ0) is 18.2. The first-order chi connectivity index (χ1) is 12.8. The molecule has 0 radical (unpaired) electrons. The van der Waals surface area contributed by atoms with E-state index in [2.05, 4.69) is 42.5 Å². The fraction of sp³-hybridized carbons (Fsp3) is 0.375. The summed E-state index contributed by atoms with van der Waals surface area (Å²) in [6.45, 7) is -0.213. The minimum Gasteiger partial charge on any atom is -0.251 e. The minimum atomic E-state index is -0.213. The number of nitriles is 1. The minimum absolute atomic E-state index is 0.213. The van der Waals surface area contributed by atoms with Crippen molar-refractivity contribution in [3.8, 4) is 17.2 Å². The highest BCUT2D eigenvalue weighted by molar-refractivity contribution is 5.64. The fourth-order valence-corrected chi connectivity index (χ4v) is 3.81. The summed E-state index contributed by atoms with van der Waals surface area (Å²) >= 11 is 0. The third-order valence-corrected chi connectivity index (χ3v) is 5.41. The van der Waals surface area contributed by atoms with Crippen LogP contribution in [0, 0.1) is 17.2 Å². The lowest BCUT2D eigenvalue weighted by Gasteiger charge is -2.27. The Labute approximate surface area is 156 Å². The molecule has 2 aromatic rings. The molecule has 0 aliphatic heterocycles. The van der Waals surface area contributed by atoms with Crippen molar-refractivity contribution in [1.82, 2.24) is 0 Å². The highest BCUT2D eigenvalue weighted by Crippen LogP contribution is 2.37. The molecular weight excluding hydrogens is 321 g/mol. The van der Waals surface area contributed by atoms with E-state index in [-0.39, 0.29) is 6.67 Å². The number of halogens is 1. The molecule has 0 saturated heterocycles. The van der Waals surface area contributed by atoms with E-state index in [1.54, 1.807) is 0 Å². The van der Waals surface area contributed by atoms with Crippen LogP contribution in [0.25, 0.3) is 11.1 Å². The van der Waals surface area contributed by atoms with E-state index in [1.165, 1.54) is 36.8 Å². The summed E-state index contributed by atoms with van der Waals surface area (Å²) in [7, 11) is 0. The first-order valence-corrected chi connectivity index (χ1v) is 9.63. The van der Waals surface area contributed by atoms with Crippen LogP contribution in [0.15, 0.2) is 60.7 Å². The molecule has 1 aliphatic carbocycles. The van der Waals surface area contributed by atoms with Gasteiger partial charge in [0.05, 0.1) is 18.3 Å². The maximum Gasteiger partial charge on any atom is 0.0991 e. The topological polar surface area (TPSA) is 23.8 Å². The summed E-state index contributed by atoms with van der Waals surface area (Å²) in [6, 6.07) is 18.8. The Hall–Kier alpha value is -2.40. The van der Waals surface area contributed by atoms with Crippen LogP contribution in [-0.4, -0.2) is 6.67 Å². The van der Waals surface area contributed by atoms with Crippen LogP contribution in [0.3, 0.4) is 0 Å². The van der Waals surface area contributed by atoms with Gasteiger partial charge in [0.1, 0.15) is 0 Å². The molecule has 1 saturated carbocycles. The molecule has 0 heterocycles. The highest BCUT2D eigenvalue weighted by Gasteiger charge is 2.20. The molecule has 0 aromatic heterocycles. The van der Waals surface area contributed by atoms with Gasteiger partial charge in [-0.2, -0.15) is 5.26 Å². The van der Waals surface area contributed by atoms with Gasteiger partial charge < -0.3 is 0 Å². The van der Waals surface area contributed by atoms with E-state index in [9.17, 15) is 4.39 Å². The van der Waals surface area contributed by atoms with E-state index < -0.39 is 0 Å². The Kier molecular flexibility index (Phi) is 6.61. The molecule has 134 valence electrons. The van der Waals surface area contributed by atoms with Crippen molar-refractivity contribution in [3.63, 3.8) is 0 Å². The molecule has 0 spiro atoms. The molecule has 0 bridgehead atoms. The van der Waals surface area contributed by atoms with Gasteiger partial charge in [-0.1, -0.05) is 48.6 Å². The second-order valence-electron chi connectivity index (χ2n) is 7.18. The van der Waals surface area contributed by atoms with Gasteiger partial charge in [-0.15, -0.1) is 0 Å². The molecule has 0 atom stereocenters. The van der Waals surface area contributed by atoms with Gasteiger partial charge in [0, 0.05) is 0 Å². The predicted molar refractivity (Wildman–Crippen MR) is 106 cm³/mol. The van der Waals surface area contributed by atoms with Crippen molar-refractivity contribution in [2.45, 2.75) is 44.4 Å². The number of unbranched alkanes of at least 4 members (excludes halogenated alkanes) is 1. The summed E-state index contributed by atoms with van der Waals surface area (Å²) in [5.41, 5.74) is 4.48. The zero-order valence-corrected chi connectivity index (χ0v) is 15.2. The molecule has 0 unspecified atom stereocenters. The van der Waals surface area contributed by atoms with Crippen LogP contribution in [0.4, 0.5) is 4.39 Å². The lowest BCUT2D eigenvalue weighted by atomic mass is 9.78. The van der Waals surface area contributed by atoms with Crippen molar-refractivity contribution in [3.05, 3.63) is 71.8 Å². The Morgan fingerprint density at radius 2 is 1.54 bits per heavy atom. The van der Waals surface area contributed by atoms with E-state index in [4.69, 9.17) is 5.26 Å². The maximum atomic E-state index is 12.1. The van der Waals surface area contributed by atoms with Gasteiger partial charge in [0.25, 0.3) is 0 Å². The molecule has 2 heteroatoms. The Morgan fingerprint density at radius 1 is 0.923 bits per heavy atom. The first kappa shape index (κ1) is 18.4. The normalized spacial score (nSPS) is 20.2. The van der Waals surface area contributed by atoms with Crippen molar-refractivity contribution in [1.29, 1.82) is 5.26 Å². The van der Waals surface area contributed by atoms with Gasteiger partial charge in [0.15, 0.2) is 0 Å². The number of allylic oxidation sites excluding steroid dienone is 2. The quantitative estimate of drug-likeness (QED) is 0.416. The van der Waals surface area contributed by atoms with Gasteiger partial charge in [-0.3, -0.25) is 4.39 Å². The van der Waals surface area contributed by atoms with Crippen molar-refractivity contribution >= 4 is 0 Å². The molecule has 3 rings (SSSR count). The second-order valence-corrected chi connectivity index (χ2v) is 7.18.